The molecule has 0 aromatic carbocycles. The minimum Gasteiger partial charge on any atom is -0.448 e. The molecule has 1 atom stereocenters. The molecule has 1 aliphatic heterocycles. The van der Waals surface area contributed by atoms with E-state index in [2.05, 4.69) is 38.6 Å². The summed E-state index contributed by atoms with van der Waals surface area (Å²) in [7, 11) is -1.84. The Morgan fingerprint density at radius 3 is 2.52 bits per heavy atom. The summed E-state index contributed by atoms with van der Waals surface area (Å²) in [5, 5.41) is 0.141. The van der Waals surface area contributed by atoms with E-state index in [9.17, 15) is 9.59 Å². The van der Waals surface area contributed by atoms with Gasteiger partial charge in [0.05, 0.1) is 19.1 Å². The van der Waals surface area contributed by atoms with Crippen LogP contribution in [0.4, 0.5) is 4.79 Å². The third-order valence-corrected chi connectivity index (χ3v) is 8.88. The lowest BCUT2D eigenvalue weighted by Gasteiger charge is -2.41. The maximum Gasteiger partial charge on any atom is 0.404 e. The van der Waals surface area contributed by atoms with Crippen molar-refractivity contribution in [1.29, 1.82) is 0 Å². The van der Waals surface area contributed by atoms with E-state index >= 15 is 0 Å². The first kappa shape index (κ1) is 18.0. The summed E-state index contributed by atoms with van der Waals surface area (Å²) in [6, 6.07) is 0. The summed E-state index contributed by atoms with van der Waals surface area (Å²) in [5.74, 6) is 0.0537. The summed E-state index contributed by atoms with van der Waals surface area (Å²) in [6.45, 7) is 12.2. The zero-order valence-electron chi connectivity index (χ0n) is 13.8. The van der Waals surface area contributed by atoms with E-state index in [0.717, 1.165) is 6.42 Å². The second-order valence-corrected chi connectivity index (χ2v) is 11.8. The van der Waals surface area contributed by atoms with Gasteiger partial charge < -0.3 is 19.8 Å². The minimum atomic E-state index is -1.84. The second kappa shape index (κ2) is 6.78. The standard InChI is InChI=1S/C14H28N2O4Si/c1-14(2,3)21(4,5)20-11-6-7-16(12(17)10-11)8-9-19-13(15)18/h11H,6-10H2,1-5H3,(H2,15,18). The predicted octanol–water partition coefficient (Wildman–Crippen LogP) is 2.09. The van der Waals surface area contributed by atoms with Gasteiger partial charge in [0.15, 0.2) is 8.32 Å². The molecular formula is C14H28N2O4Si. The van der Waals surface area contributed by atoms with Crippen LogP contribution in [0.3, 0.4) is 0 Å². The molecule has 1 rings (SSSR count). The summed E-state index contributed by atoms with van der Waals surface area (Å²) in [5.41, 5.74) is 4.89. The molecule has 7 heteroatoms. The number of rotatable bonds is 5. The summed E-state index contributed by atoms with van der Waals surface area (Å²) in [4.78, 5) is 24.3. The van der Waals surface area contributed by atoms with Crippen LogP contribution in [0.1, 0.15) is 33.6 Å². The topological polar surface area (TPSA) is 81.9 Å². The Hall–Kier alpha value is -1.08. The van der Waals surface area contributed by atoms with Gasteiger partial charge in [0, 0.05) is 6.54 Å². The zero-order chi connectivity index (χ0) is 16.3. The molecular weight excluding hydrogens is 288 g/mol. The maximum absolute atomic E-state index is 12.1. The van der Waals surface area contributed by atoms with Crippen LogP contribution in [0, 0.1) is 0 Å². The van der Waals surface area contributed by atoms with Gasteiger partial charge in [-0.1, -0.05) is 20.8 Å². The Bertz CT molecular complexity index is 393. The number of piperidine rings is 1. The van der Waals surface area contributed by atoms with E-state index in [-0.39, 0.29) is 23.7 Å². The van der Waals surface area contributed by atoms with Crippen molar-refractivity contribution < 1.29 is 18.8 Å². The second-order valence-electron chi connectivity index (χ2n) is 7.04. The Morgan fingerprint density at radius 2 is 2.05 bits per heavy atom. The van der Waals surface area contributed by atoms with Crippen LogP contribution in [0.25, 0.3) is 0 Å². The first-order valence-electron chi connectivity index (χ1n) is 7.41. The fraction of sp³-hybridized carbons (Fsp3) is 0.857. The first-order chi connectivity index (χ1) is 9.53. The van der Waals surface area contributed by atoms with Crippen molar-refractivity contribution in [1.82, 2.24) is 4.90 Å². The summed E-state index contributed by atoms with van der Waals surface area (Å²) >= 11 is 0. The predicted molar refractivity (Wildman–Crippen MR) is 83.4 cm³/mol. The smallest absolute Gasteiger partial charge is 0.404 e. The van der Waals surface area contributed by atoms with Crippen LogP contribution < -0.4 is 5.73 Å². The van der Waals surface area contributed by atoms with E-state index in [1.165, 1.54) is 0 Å². The highest BCUT2D eigenvalue weighted by Gasteiger charge is 2.40. The molecule has 2 N–H and O–H groups in total. The molecule has 0 radical (unpaired) electrons. The third kappa shape index (κ3) is 5.31. The molecule has 1 unspecified atom stereocenters. The molecule has 0 saturated carbocycles. The number of ether oxygens (including phenoxy) is 1. The Kier molecular flexibility index (Phi) is 5.80. The average molecular weight is 316 g/mol. The van der Waals surface area contributed by atoms with Crippen molar-refractivity contribution in [2.24, 2.45) is 5.73 Å². The summed E-state index contributed by atoms with van der Waals surface area (Å²) < 4.78 is 11.0. The fourth-order valence-corrected chi connectivity index (χ4v) is 3.43. The Morgan fingerprint density at radius 1 is 1.43 bits per heavy atom. The number of primary amides is 1. The molecule has 6 nitrogen and oxygen atoms in total. The van der Waals surface area contributed by atoms with Gasteiger partial charge in [-0.05, 0) is 24.6 Å². The Labute approximate surface area is 128 Å². The SMILES string of the molecule is CC(C)(C)[Si](C)(C)OC1CCN(CCOC(N)=O)C(=O)C1. The highest BCUT2D eigenvalue weighted by molar-refractivity contribution is 6.74. The molecule has 1 heterocycles. The molecule has 21 heavy (non-hydrogen) atoms. The normalized spacial score (nSPS) is 20.5. The van der Waals surface area contributed by atoms with Crippen molar-refractivity contribution in [3.63, 3.8) is 0 Å². The van der Waals surface area contributed by atoms with Crippen molar-refractivity contribution in [3.8, 4) is 0 Å². The van der Waals surface area contributed by atoms with Crippen LogP contribution in [0.5, 0.6) is 0 Å². The molecule has 0 aromatic heterocycles. The lowest BCUT2D eigenvalue weighted by Crippen LogP contribution is -2.49. The van der Waals surface area contributed by atoms with Crippen LogP contribution in [0.2, 0.25) is 18.1 Å². The van der Waals surface area contributed by atoms with Gasteiger partial charge >= 0.3 is 6.09 Å². The third-order valence-electron chi connectivity index (χ3n) is 4.35. The largest absolute Gasteiger partial charge is 0.448 e. The van der Waals surface area contributed by atoms with Crippen molar-refractivity contribution in [3.05, 3.63) is 0 Å². The molecule has 1 fully saturated rings. The van der Waals surface area contributed by atoms with Gasteiger partial charge in [0.2, 0.25) is 5.91 Å². The number of hydrogen-bond donors (Lipinski definition) is 1. The number of nitrogens with two attached hydrogens (primary N) is 1. The lowest BCUT2D eigenvalue weighted by atomic mass is 10.1. The number of hydrogen-bond acceptors (Lipinski definition) is 4. The van der Waals surface area contributed by atoms with E-state index in [0.29, 0.717) is 19.5 Å². The van der Waals surface area contributed by atoms with Gasteiger partial charge in [-0.25, -0.2) is 4.79 Å². The highest BCUT2D eigenvalue weighted by atomic mass is 28.4. The molecule has 122 valence electrons. The van der Waals surface area contributed by atoms with Gasteiger partial charge in [-0.15, -0.1) is 0 Å². The number of amides is 2. The van der Waals surface area contributed by atoms with Crippen molar-refractivity contribution in [2.75, 3.05) is 19.7 Å². The fourth-order valence-electron chi connectivity index (χ4n) is 2.04. The first-order valence-corrected chi connectivity index (χ1v) is 10.3. The van der Waals surface area contributed by atoms with Crippen LogP contribution in [-0.2, 0) is 14.0 Å². The van der Waals surface area contributed by atoms with E-state index in [4.69, 9.17) is 10.2 Å². The van der Waals surface area contributed by atoms with Crippen molar-refractivity contribution >= 4 is 20.3 Å². The number of carbonyl (C=O) groups is 2. The Balaban J connectivity index is 2.46. The number of carbonyl (C=O) groups excluding carboxylic acids is 2. The highest BCUT2D eigenvalue weighted by Crippen LogP contribution is 2.38. The van der Waals surface area contributed by atoms with E-state index in [1.54, 1.807) is 4.90 Å². The summed E-state index contributed by atoms with van der Waals surface area (Å²) in [6.07, 6.45) is 0.433. The minimum absolute atomic E-state index is 0.00620. The number of likely N-dealkylation sites (tertiary alicyclic amines) is 1. The lowest BCUT2D eigenvalue weighted by molar-refractivity contribution is -0.137. The monoisotopic (exact) mass is 316 g/mol. The molecule has 1 saturated heterocycles. The maximum atomic E-state index is 12.1. The molecule has 0 bridgehead atoms. The number of nitrogens with zero attached hydrogens (tertiary/aromatic N) is 1. The molecule has 0 aromatic rings. The van der Waals surface area contributed by atoms with Crippen LogP contribution in [-0.4, -0.2) is 51.0 Å². The van der Waals surface area contributed by atoms with Crippen molar-refractivity contribution in [2.45, 2.75) is 57.8 Å². The molecule has 2 amide bonds. The zero-order valence-corrected chi connectivity index (χ0v) is 14.8. The van der Waals surface area contributed by atoms with E-state index < -0.39 is 14.4 Å². The van der Waals surface area contributed by atoms with Crippen LogP contribution >= 0.6 is 0 Å². The van der Waals surface area contributed by atoms with Crippen LogP contribution in [0.15, 0.2) is 0 Å². The van der Waals surface area contributed by atoms with E-state index in [1.807, 2.05) is 0 Å². The quantitative estimate of drug-likeness (QED) is 0.787. The van der Waals surface area contributed by atoms with Gasteiger partial charge in [0.25, 0.3) is 0 Å². The molecule has 1 aliphatic rings. The van der Waals surface area contributed by atoms with Gasteiger partial charge in [0.1, 0.15) is 6.61 Å². The van der Waals surface area contributed by atoms with Gasteiger partial charge in [-0.3, -0.25) is 4.79 Å². The average Bonchev–Trinajstić information content (AvgIpc) is 2.29. The molecule has 0 spiro atoms. The van der Waals surface area contributed by atoms with Gasteiger partial charge in [-0.2, -0.15) is 0 Å². The molecule has 0 aliphatic carbocycles.